The van der Waals surface area contributed by atoms with Gasteiger partial charge in [0.2, 0.25) is 5.91 Å². The van der Waals surface area contributed by atoms with E-state index in [0.29, 0.717) is 23.0 Å². The zero-order chi connectivity index (χ0) is 16.1. The fourth-order valence-corrected chi connectivity index (χ4v) is 2.64. The van der Waals surface area contributed by atoms with E-state index in [1.807, 2.05) is 6.07 Å². The van der Waals surface area contributed by atoms with Crippen molar-refractivity contribution in [3.8, 4) is 0 Å². The number of benzene rings is 2. The number of halogens is 2. The van der Waals surface area contributed by atoms with Gasteiger partial charge >= 0.3 is 0 Å². The van der Waals surface area contributed by atoms with Gasteiger partial charge < -0.3 is 5.32 Å². The van der Waals surface area contributed by atoms with Crippen molar-refractivity contribution in [1.29, 1.82) is 0 Å². The van der Waals surface area contributed by atoms with E-state index in [4.69, 9.17) is 23.2 Å². The Hall–Kier alpha value is -1.51. The molecule has 2 aromatic rings. The van der Waals surface area contributed by atoms with Crippen LogP contribution in [0, 0.1) is 13.8 Å². The van der Waals surface area contributed by atoms with E-state index in [1.54, 1.807) is 12.1 Å². The van der Waals surface area contributed by atoms with E-state index in [9.17, 15) is 4.79 Å². The molecule has 0 atom stereocenters. The van der Waals surface area contributed by atoms with Crippen LogP contribution >= 0.6 is 23.2 Å². The zero-order valence-corrected chi connectivity index (χ0v) is 14.3. The Labute approximate surface area is 141 Å². The molecule has 2 aromatic carbocycles. The number of hydrogen-bond acceptors (Lipinski definition) is 1. The third kappa shape index (κ3) is 4.75. The first-order valence-corrected chi connectivity index (χ1v) is 7.98. The maximum atomic E-state index is 11.9. The van der Waals surface area contributed by atoms with E-state index < -0.39 is 0 Å². The lowest BCUT2D eigenvalue weighted by atomic mass is 10.0. The standard InChI is InChI=1S/C18H19Cl2NO/c1-12-3-4-14(9-13(12)2)5-8-18(22)21-11-15-6-7-16(19)10-17(15)20/h3-4,6-7,9-10H,5,8,11H2,1-2H3,(H,21,22). The van der Waals surface area contributed by atoms with Gasteiger partial charge in [-0.05, 0) is 54.7 Å². The molecule has 0 heterocycles. The predicted molar refractivity (Wildman–Crippen MR) is 92.5 cm³/mol. The van der Waals surface area contributed by atoms with Crippen LogP contribution in [0.25, 0.3) is 0 Å². The van der Waals surface area contributed by atoms with Crippen LogP contribution < -0.4 is 5.32 Å². The normalized spacial score (nSPS) is 10.5. The first-order valence-electron chi connectivity index (χ1n) is 7.22. The number of rotatable bonds is 5. The summed E-state index contributed by atoms with van der Waals surface area (Å²) in [5.41, 5.74) is 4.57. The van der Waals surface area contributed by atoms with Gasteiger partial charge in [-0.2, -0.15) is 0 Å². The lowest BCUT2D eigenvalue weighted by Gasteiger charge is -2.08. The number of hydrogen-bond donors (Lipinski definition) is 1. The number of carbonyl (C=O) groups excluding carboxylic acids is 1. The zero-order valence-electron chi connectivity index (χ0n) is 12.7. The highest BCUT2D eigenvalue weighted by Crippen LogP contribution is 2.20. The Morgan fingerprint density at radius 1 is 1.05 bits per heavy atom. The third-order valence-electron chi connectivity index (χ3n) is 3.70. The molecule has 0 radical (unpaired) electrons. The van der Waals surface area contributed by atoms with Gasteiger partial charge in [0.15, 0.2) is 0 Å². The summed E-state index contributed by atoms with van der Waals surface area (Å²) >= 11 is 11.9. The van der Waals surface area contributed by atoms with Gasteiger partial charge in [0.1, 0.15) is 0 Å². The average molecular weight is 336 g/mol. The second-order valence-corrected chi connectivity index (χ2v) is 6.27. The van der Waals surface area contributed by atoms with Crippen molar-refractivity contribution < 1.29 is 4.79 Å². The molecular formula is C18H19Cl2NO. The summed E-state index contributed by atoms with van der Waals surface area (Å²) in [7, 11) is 0. The monoisotopic (exact) mass is 335 g/mol. The highest BCUT2D eigenvalue weighted by atomic mass is 35.5. The second-order valence-electron chi connectivity index (χ2n) is 5.43. The van der Waals surface area contributed by atoms with Crippen molar-refractivity contribution in [2.24, 2.45) is 0 Å². The second kappa shape index (κ2) is 7.66. The molecule has 0 saturated carbocycles. The van der Waals surface area contributed by atoms with Crippen LogP contribution in [-0.4, -0.2) is 5.91 Å². The first-order chi connectivity index (χ1) is 10.5. The van der Waals surface area contributed by atoms with Crippen molar-refractivity contribution in [1.82, 2.24) is 5.32 Å². The summed E-state index contributed by atoms with van der Waals surface area (Å²) in [4.78, 5) is 11.9. The smallest absolute Gasteiger partial charge is 0.220 e. The lowest BCUT2D eigenvalue weighted by Crippen LogP contribution is -2.23. The number of aryl methyl sites for hydroxylation is 3. The molecule has 0 bridgehead atoms. The van der Waals surface area contributed by atoms with Crippen LogP contribution in [0.4, 0.5) is 0 Å². The molecule has 2 nitrogen and oxygen atoms in total. The molecule has 0 spiro atoms. The molecule has 0 aliphatic heterocycles. The minimum atomic E-state index is 0.0178. The van der Waals surface area contributed by atoms with Crippen molar-refractivity contribution in [3.05, 3.63) is 68.7 Å². The summed E-state index contributed by atoms with van der Waals surface area (Å²) in [6.07, 6.45) is 1.20. The maximum Gasteiger partial charge on any atom is 0.220 e. The van der Waals surface area contributed by atoms with Gasteiger partial charge in [-0.1, -0.05) is 47.5 Å². The average Bonchev–Trinajstić information content (AvgIpc) is 2.47. The molecule has 116 valence electrons. The van der Waals surface area contributed by atoms with E-state index in [-0.39, 0.29) is 5.91 Å². The van der Waals surface area contributed by atoms with Gasteiger partial charge in [0.25, 0.3) is 0 Å². The third-order valence-corrected chi connectivity index (χ3v) is 4.29. The van der Waals surface area contributed by atoms with Crippen LogP contribution in [0.1, 0.15) is 28.7 Å². The predicted octanol–water partition coefficient (Wildman–Crippen LogP) is 4.86. The fraction of sp³-hybridized carbons (Fsp3) is 0.278. The number of nitrogens with one attached hydrogen (secondary N) is 1. The largest absolute Gasteiger partial charge is 0.352 e. The van der Waals surface area contributed by atoms with Crippen molar-refractivity contribution in [2.45, 2.75) is 33.2 Å². The van der Waals surface area contributed by atoms with Gasteiger partial charge in [-0.3, -0.25) is 4.79 Å². The van der Waals surface area contributed by atoms with Crippen LogP contribution in [-0.2, 0) is 17.8 Å². The highest BCUT2D eigenvalue weighted by molar-refractivity contribution is 6.35. The van der Waals surface area contributed by atoms with Gasteiger partial charge in [-0.25, -0.2) is 0 Å². The highest BCUT2D eigenvalue weighted by Gasteiger charge is 2.06. The quantitative estimate of drug-likeness (QED) is 0.830. The SMILES string of the molecule is Cc1ccc(CCC(=O)NCc2ccc(Cl)cc2Cl)cc1C. The minimum absolute atomic E-state index is 0.0178. The molecule has 1 amide bonds. The molecule has 4 heteroatoms. The molecule has 22 heavy (non-hydrogen) atoms. The molecule has 0 fully saturated rings. The van der Waals surface area contributed by atoms with Crippen molar-refractivity contribution in [3.63, 3.8) is 0 Å². The fourth-order valence-electron chi connectivity index (χ4n) is 2.16. The summed E-state index contributed by atoms with van der Waals surface area (Å²) < 4.78 is 0. The molecule has 0 aliphatic rings. The minimum Gasteiger partial charge on any atom is -0.352 e. The molecule has 0 unspecified atom stereocenters. The molecule has 0 aliphatic carbocycles. The molecule has 2 rings (SSSR count). The Morgan fingerprint density at radius 3 is 2.50 bits per heavy atom. The van der Waals surface area contributed by atoms with Gasteiger partial charge in [-0.15, -0.1) is 0 Å². The Bertz CT molecular complexity index is 683. The van der Waals surface area contributed by atoms with E-state index in [1.165, 1.54) is 16.7 Å². The van der Waals surface area contributed by atoms with Crippen LogP contribution in [0.15, 0.2) is 36.4 Å². The lowest BCUT2D eigenvalue weighted by molar-refractivity contribution is -0.121. The van der Waals surface area contributed by atoms with Gasteiger partial charge in [0.05, 0.1) is 0 Å². The first kappa shape index (κ1) is 16.9. The van der Waals surface area contributed by atoms with Gasteiger partial charge in [0, 0.05) is 23.0 Å². The summed E-state index contributed by atoms with van der Waals surface area (Å²) in [5, 5.41) is 4.05. The summed E-state index contributed by atoms with van der Waals surface area (Å²) in [6, 6.07) is 11.6. The Kier molecular flexibility index (Phi) is 5.87. The van der Waals surface area contributed by atoms with Crippen LogP contribution in [0.5, 0.6) is 0 Å². The number of carbonyl (C=O) groups is 1. The van der Waals surface area contributed by atoms with Crippen molar-refractivity contribution in [2.75, 3.05) is 0 Å². The van der Waals surface area contributed by atoms with E-state index >= 15 is 0 Å². The summed E-state index contributed by atoms with van der Waals surface area (Å²) in [5.74, 6) is 0.0178. The van der Waals surface area contributed by atoms with E-state index in [0.717, 1.165) is 12.0 Å². The Morgan fingerprint density at radius 2 is 1.82 bits per heavy atom. The molecule has 1 N–H and O–H groups in total. The van der Waals surface area contributed by atoms with Crippen molar-refractivity contribution >= 4 is 29.1 Å². The molecule has 0 aromatic heterocycles. The topological polar surface area (TPSA) is 29.1 Å². The molecule has 0 saturated heterocycles. The van der Waals surface area contributed by atoms with Crippen LogP contribution in [0.2, 0.25) is 10.0 Å². The summed E-state index contributed by atoms with van der Waals surface area (Å²) in [6.45, 7) is 4.59. The maximum absolute atomic E-state index is 11.9. The van der Waals surface area contributed by atoms with E-state index in [2.05, 4.69) is 37.4 Å². The van der Waals surface area contributed by atoms with Crippen LogP contribution in [0.3, 0.4) is 0 Å². The Balaban J connectivity index is 1.84. The molecular weight excluding hydrogens is 317 g/mol. The number of amides is 1.